The Morgan fingerprint density at radius 3 is 2.32 bits per heavy atom. The standard InChI is InChI=1S/C24H31N3O/c1-18-10-12-20(13-11-18)17-27-22-8-5-9-23(27)15-21(14-22)26-24(28)25-16-19-6-3-2-4-7-19/h2-4,6-7,10-13,21-23H,5,8-9,14-17H2,1H3,(H2,25,26,28)/t22-,23-/m0/s1. The highest BCUT2D eigenvalue weighted by Crippen LogP contribution is 2.35. The first-order valence-corrected chi connectivity index (χ1v) is 10.6. The summed E-state index contributed by atoms with van der Waals surface area (Å²) in [7, 11) is 0. The van der Waals surface area contributed by atoms with Crippen molar-refractivity contribution >= 4 is 6.03 Å². The van der Waals surface area contributed by atoms with Gasteiger partial charge in [-0.1, -0.05) is 66.6 Å². The normalized spacial score (nSPS) is 24.5. The van der Waals surface area contributed by atoms with Crippen molar-refractivity contribution in [1.29, 1.82) is 0 Å². The number of aryl methyl sites for hydroxylation is 1. The summed E-state index contributed by atoms with van der Waals surface area (Å²) in [6, 6.07) is 20.4. The molecule has 148 valence electrons. The van der Waals surface area contributed by atoms with Gasteiger partial charge in [-0.3, -0.25) is 4.90 Å². The number of fused-ring (bicyclic) bond motifs is 2. The molecule has 0 radical (unpaired) electrons. The maximum Gasteiger partial charge on any atom is 0.315 e. The molecule has 0 aromatic heterocycles. The molecule has 2 N–H and O–H groups in total. The lowest BCUT2D eigenvalue weighted by Gasteiger charge is -2.49. The molecule has 4 heteroatoms. The third-order valence-corrected chi connectivity index (χ3v) is 6.24. The van der Waals surface area contributed by atoms with Crippen LogP contribution in [0.25, 0.3) is 0 Å². The van der Waals surface area contributed by atoms with E-state index >= 15 is 0 Å². The number of amides is 2. The van der Waals surface area contributed by atoms with Gasteiger partial charge in [0.2, 0.25) is 0 Å². The van der Waals surface area contributed by atoms with Gasteiger partial charge in [0.25, 0.3) is 0 Å². The maximum absolute atomic E-state index is 12.4. The van der Waals surface area contributed by atoms with E-state index in [-0.39, 0.29) is 12.1 Å². The van der Waals surface area contributed by atoms with Crippen molar-refractivity contribution in [3.05, 3.63) is 71.3 Å². The van der Waals surface area contributed by atoms with E-state index in [1.807, 2.05) is 30.3 Å². The van der Waals surface area contributed by atoms with E-state index in [0.717, 1.165) is 24.9 Å². The molecule has 0 aliphatic carbocycles. The lowest BCUT2D eigenvalue weighted by atomic mass is 9.81. The number of urea groups is 1. The van der Waals surface area contributed by atoms with Gasteiger partial charge >= 0.3 is 6.03 Å². The summed E-state index contributed by atoms with van der Waals surface area (Å²) in [4.78, 5) is 15.1. The molecule has 2 atom stereocenters. The first kappa shape index (κ1) is 19.0. The second-order valence-electron chi connectivity index (χ2n) is 8.38. The van der Waals surface area contributed by atoms with E-state index in [1.165, 1.54) is 30.4 Å². The zero-order valence-electron chi connectivity index (χ0n) is 16.7. The van der Waals surface area contributed by atoms with Crippen LogP contribution in [0.15, 0.2) is 54.6 Å². The Morgan fingerprint density at radius 1 is 0.964 bits per heavy atom. The van der Waals surface area contributed by atoms with Crippen LogP contribution in [0, 0.1) is 6.92 Å². The average molecular weight is 378 g/mol. The monoisotopic (exact) mass is 377 g/mol. The third-order valence-electron chi connectivity index (χ3n) is 6.24. The third kappa shape index (κ3) is 4.74. The van der Waals surface area contributed by atoms with Crippen LogP contribution >= 0.6 is 0 Å². The molecule has 2 aromatic carbocycles. The lowest BCUT2D eigenvalue weighted by molar-refractivity contribution is 0.0197. The van der Waals surface area contributed by atoms with Crippen molar-refractivity contribution in [2.75, 3.05) is 0 Å². The molecule has 2 bridgehead atoms. The topological polar surface area (TPSA) is 44.4 Å². The summed E-state index contributed by atoms with van der Waals surface area (Å²) < 4.78 is 0. The van der Waals surface area contributed by atoms with E-state index in [4.69, 9.17) is 0 Å². The smallest absolute Gasteiger partial charge is 0.315 e. The molecule has 2 saturated heterocycles. The lowest BCUT2D eigenvalue weighted by Crippen LogP contribution is -2.57. The summed E-state index contributed by atoms with van der Waals surface area (Å²) in [6.45, 7) is 3.74. The molecule has 4 nitrogen and oxygen atoms in total. The number of hydrogen-bond donors (Lipinski definition) is 2. The Morgan fingerprint density at radius 2 is 1.64 bits per heavy atom. The maximum atomic E-state index is 12.4. The van der Waals surface area contributed by atoms with Crippen LogP contribution in [0.2, 0.25) is 0 Å². The fraction of sp³-hybridized carbons (Fsp3) is 0.458. The van der Waals surface area contributed by atoms with Crippen LogP contribution < -0.4 is 10.6 Å². The Balaban J connectivity index is 1.31. The molecule has 0 saturated carbocycles. The SMILES string of the molecule is Cc1ccc(CN2[C@H]3CCC[C@H]2CC(NC(=O)NCc2ccccc2)C3)cc1. The molecule has 2 aromatic rings. The summed E-state index contributed by atoms with van der Waals surface area (Å²) in [5.41, 5.74) is 3.84. The van der Waals surface area contributed by atoms with Gasteiger partial charge in [-0.15, -0.1) is 0 Å². The molecule has 0 spiro atoms. The molecule has 2 aliphatic heterocycles. The van der Waals surface area contributed by atoms with Crippen LogP contribution in [-0.2, 0) is 13.1 Å². The highest BCUT2D eigenvalue weighted by atomic mass is 16.2. The molecular formula is C24H31N3O. The van der Waals surface area contributed by atoms with Crippen LogP contribution in [-0.4, -0.2) is 29.1 Å². The molecule has 4 rings (SSSR count). The summed E-state index contributed by atoms with van der Waals surface area (Å²) >= 11 is 0. The Bertz CT molecular complexity index is 760. The highest BCUT2D eigenvalue weighted by molar-refractivity contribution is 5.74. The zero-order chi connectivity index (χ0) is 19.3. The van der Waals surface area contributed by atoms with E-state index in [9.17, 15) is 4.79 Å². The van der Waals surface area contributed by atoms with Gasteiger partial charge in [-0.25, -0.2) is 4.79 Å². The first-order valence-electron chi connectivity index (χ1n) is 10.6. The summed E-state index contributed by atoms with van der Waals surface area (Å²) in [5, 5.41) is 6.24. The minimum Gasteiger partial charge on any atom is -0.335 e. The molecule has 2 fully saturated rings. The van der Waals surface area contributed by atoms with E-state index in [1.54, 1.807) is 0 Å². The molecule has 2 aliphatic rings. The summed E-state index contributed by atoms with van der Waals surface area (Å²) in [5.74, 6) is 0. The van der Waals surface area contributed by atoms with Gasteiger partial charge in [0.05, 0.1) is 0 Å². The van der Waals surface area contributed by atoms with Crippen molar-refractivity contribution in [3.63, 3.8) is 0 Å². The number of benzene rings is 2. The first-order chi connectivity index (χ1) is 13.7. The Labute approximate surface area is 168 Å². The van der Waals surface area contributed by atoms with Crippen molar-refractivity contribution in [2.24, 2.45) is 0 Å². The van der Waals surface area contributed by atoms with Crippen LogP contribution in [0.5, 0.6) is 0 Å². The second-order valence-corrected chi connectivity index (χ2v) is 8.38. The highest BCUT2D eigenvalue weighted by Gasteiger charge is 2.38. The molecule has 2 amide bonds. The largest absolute Gasteiger partial charge is 0.335 e. The predicted molar refractivity (Wildman–Crippen MR) is 113 cm³/mol. The van der Waals surface area contributed by atoms with Crippen molar-refractivity contribution < 1.29 is 4.79 Å². The van der Waals surface area contributed by atoms with Gasteiger partial charge in [-0.05, 0) is 43.7 Å². The number of hydrogen-bond acceptors (Lipinski definition) is 2. The van der Waals surface area contributed by atoms with Crippen LogP contribution in [0.3, 0.4) is 0 Å². The van der Waals surface area contributed by atoms with Gasteiger partial charge in [0.15, 0.2) is 0 Å². The minimum absolute atomic E-state index is 0.0427. The van der Waals surface area contributed by atoms with Gasteiger partial charge in [-0.2, -0.15) is 0 Å². The molecule has 2 heterocycles. The van der Waals surface area contributed by atoms with Crippen molar-refractivity contribution in [1.82, 2.24) is 15.5 Å². The fourth-order valence-corrected chi connectivity index (χ4v) is 4.77. The fourth-order valence-electron chi connectivity index (χ4n) is 4.77. The van der Waals surface area contributed by atoms with Crippen LogP contribution in [0.4, 0.5) is 4.79 Å². The Kier molecular flexibility index (Phi) is 5.96. The summed E-state index contributed by atoms with van der Waals surface area (Å²) in [6.07, 6.45) is 5.91. The van der Waals surface area contributed by atoms with Gasteiger partial charge < -0.3 is 10.6 Å². The molecular weight excluding hydrogens is 346 g/mol. The minimum atomic E-state index is -0.0427. The van der Waals surface area contributed by atoms with Crippen molar-refractivity contribution in [3.8, 4) is 0 Å². The van der Waals surface area contributed by atoms with Crippen LogP contribution in [0.1, 0.15) is 48.8 Å². The zero-order valence-corrected chi connectivity index (χ0v) is 16.7. The molecule has 28 heavy (non-hydrogen) atoms. The number of nitrogens with zero attached hydrogens (tertiary/aromatic N) is 1. The quantitative estimate of drug-likeness (QED) is 0.812. The van der Waals surface area contributed by atoms with Gasteiger partial charge in [0, 0.05) is 31.2 Å². The van der Waals surface area contributed by atoms with Crippen molar-refractivity contribution in [2.45, 2.75) is 70.2 Å². The molecule has 0 unspecified atom stereocenters. The van der Waals surface area contributed by atoms with E-state index in [0.29, 0.717) is 18.6 Å². The second kappa shape index (κ2) is 8.78. The predicted octanol–water partition coefficient (Wildman–Crippen LogP) is 4.38. The van der Waals surface area contributed by atoms with Gasteiger partial charge in [0.1, 0.15) is 0 Å². The number of piperidine rings is 2. The number of rotatable bonds is 5. The number of carbonyl (C=O) groups excluding carboxylic acids is 1. The van der Waals surface area contributed by atoms with E-state index < -0.39 is 0 Å². The number of nitrogens with one attached hydrogen (secondary N) is 2. The van der Waals surface area contributed by atoms with E-state index in [2.05, 4.69) is 46.7 Å². The Hall–Kier alpha value is -2.33. The number of carbonyl (C=O) groups is 1. The average Bonchev–Trinajstić information content (AvgIpc) is 2.69.